The summed E-state index contributed by atoms with van der Waals surface area (Å²) in [6.45, 7) is 2.72. The average molecular weight is 267 g/mol. The predicted octanol–water partition coefficient (Wildman–Crippen LogP) is 1.17. The molecule has 5 heteroatoms. The van der Waals surface area contributed by atoms with E-state index >= 15 is 0 Å². The first-order valence-corrected chi connectivity index (χ1v) is 7.23. The van der Waals surface area contributed by atoms with Crippen molar-refractivity contribution in [2.24, 2.45) is 17.3 Å². The average Bonchev–Trinajstić information content (AvgIpc) is 3.04. The summed E-state index contributed by atoms with van der Waals surface area (Å²) < 4.78 is 5.74. The van der Waals surface area contributed by atoms with Crippen molar-refractivity contribution in [3.05, 3.63) is 0 Å². The number of nitrogens with one attached hydrogen (secondary N) is 1. The van der Waals surface area contributed by atoms with Gasteiger partial charge >= 0.3 is 5.97 Å². The number of hydrogen-bond donors (Lipinski definition) is 2. The zero-order chi connectivity index (χ0) is 13.6. The van der Waals surface area contributed by atoms with Crippen LogP contribution in [0.5, 0.6) is 0 Å². The normalized spacial score (nSPS) is 38.2. The number of hydrogen-bond acceptors (Lipinski definition) is 3. The van der Waals surface area contributed by atoms with Crippen molar-refractivity contribution in [1.29, 1.82) is 0 Å². The molecule has 4 atom stereocenters. The maximum atomic E-state index is 12.0. The summed E-state index contributed by atoms with van der Waals surface area (Å²) in [5.41, 5.74) is 0.152. The highest BCUT2D eigenvalue weighted by Gasteiger charge is 2.60. The van der Waals surface area contributed by atoms with Crippen LogP contribution in [0, 0.1) is 17.3 Å². The lowest BCUT2D eigenvalue weighted by atomic mass is 9.51. The lowest BCUT2D eigenvalue weighted by Crippen LogP contribution is -2.67. The van der Waals surface area contributed by atoms with Gasteiger partial charge < -0.3 is 15.2 Å². The highest BCUT2D eigenvalue weighted by Crippen LogP contribution is 2.57. The van der Waals surface area contributed by atoms with E-state index in [0.717, 1.165) is 25.9 Å². The van der Waals surface area contributed by atoms with Gasteiger partial charge in [-0.2, -0.15) is 0 Å². The fourth-order valence-corrected chi connectivity index (χ4v) is 3.68. The zero-order valence-electron chi connectivity index (χ0n) is 11.2. The fraction of sp³-hybridized carbons (Fsp3) is 0.857. The van der Waals surface area contributed by atoms with Gasteiger partial charge in [-0.3, -0.25) is 9.59 Å². The summed E-state index contributed by atoms with van der Waals surface area (Å²) in [7, 11) is 0. The summed E-state index contributed by atoms with van der Waals surface area (Å²) in [5.74, 6) is -1.68. The molecule has 19 heavy (non-hydrogen) atoms. The number of ether oxygens (including phenoxy) is 1. The molecule has 3 rings (SSSR count). The summed E-state index contributed by atoms with van der Waals surface area (Å²) in [6.07, 6.45) is 5.10. The SMILES string of the molecule is CCO[C@@H]1C[C@H](NC(=O)[C@@H]2C[C@@H]2C(=O)O)C12CCC2. The third-order valence-electron chi connectivity index (χ3n) is 5.20. The van der Waals surface area contributed by atoms with Crippen molar-refractivity contribution in [2.75, 3.05) is 6.61 Å². The van der Waals surface area contributed by atoms with Crippen molar-refractivity contribution >= 4 is 11.9 Å². The molecule has 0 aromatic heterocycles. The van der Waals surface area contributed by atoms with Crippen LogP contribution in [0.15, 0.2) is 0 Å². The molecule has 0 bridgehead atoms. The lowest BCUT2D eigenvalue weighted by molar-refractivity contribution is -0.176. The van der Waals surface area contributed by atoms with E-state index in [4.69, 9.17) is 9.84 Å². The maximum absolute atomic E-state index is 12.0. The molecule has 3 saturated carbocycles. The zero-order valence-corrected chi connectivity index (χ0v) is 11.2. The topological polar surface area (TPSA) is 75.6 Å². The van der Waals surface area contributed by atoms with E-state index in [1.807, 2.05) is 6.92 Å². The molecule has 0 heterocycles. The largest absolute Gasteiger partial charge is 0.481 e. The standard InChI is InChI=1S/C14H21NO4/c1-2-19-11-7-10(14(11)4-3-5-14)15-12(16)8-6-9(8)13(17)18/h8-11H,2-7H2,1H3,(H,15,16)(H,17,18)/t8-,9+,10+,11-/m1/s1. The number of amides is 1. The van der Waals surface area contributed by atoms with Crippen molar-refractivity contribution in [2.45, 2.75) is 51.2 Å². The number of aliphatic carboxylic acids is 1. The molecule has 0 saturated heterocycles. The van der Waals surface area contributed by atoms with E-state index in [-0.39, 0.29) is 29.4 Å². The van der Waals surface area contributed by atoms with Crippen molar-refractivity contribution in [3.63, 3.8) is 0 Å². The second-order valence-electron chi connectivity index (χ2n) is 6.11. The Morgan fingerprint density at radius 2 is 2.05 bits per heavy atom. The van der Waals surface area contributed by atoms with Crippen LogP contribution in [-0.4, -0.2) is 35.7 Å². The van der Waals surface area contributed by atoms with Crippen molar-refractivity contribution < 1.29 is 19.4 Å². The summed E-state index contributed by atoms with van der Waals surface area (Å²) >= 11 is 0. The predicted molar refractivity (Wildman–Crippen MR) is 67.5 cm³/mol. The van der Waals surface area contributed by atoms with Crippen LogP contribution in [0.2, 0.25) is 0 Å². The van der Waals surface area contributed by atoms with E-state index in [1.165, 1.54) is 6.42 Å². The number of carbonyl (C=O) groups excluding carboxylic acids is 1. The second-order valence-corrected chi connectivity index (χ2v) is 6.11. The molecule has 0 aromatic rings. The minimum absolute atomic E-state index is 0.0707. The molecule has 3 aliphatic carbocycles. The minimum Gasteiger partial charge on any atom is -0.481 e. The minimum atomic E-state index is -0.848. The molecule has 0 aromatic carbocycles. The molecule has 2 N–H and O–H groups in total. The Balaban J connectivity index is 1.54. The Morgan fingerprint density at radius 1 is 1.32 bits per heavy atom. The first-order valence-electron chi connectivity index (χ1n) is 7.23. The van der Waals surface area contributed by atoms with E-state index in [0.29, 0.717) is 6.42 Å². The Labute approximate surface area is 112 Å². The Morgan fingerprint density at radius 3 is 2.53 bits per heavy atom. The molecule has 3 aliphatic rings. The second kappa shape index (κ2) is 4.47. The van der Waals surface area contributed by atoms with Gasteiger partial charge in [-0.1, -0.05) is 6.42 Å². The van der Waals surface area contributed by atoms with Crippen LogP contribution in [-0.2, 0) is 14.3 Å². The molecular formula is C14H21NO4. The molecular weight excluding hydrogens is 246 g/mol. The van der Waals surface area contributed by atoms with Gasteiger partial charge in [0, 0.05) is 18.1 Å². The lowest BCUT2D eigenvalue weighted by Gasteiger charge is -2.61. The summed E-state index contributed by atoms with van der Waals surface area (Å²) in [5, 5.41) is 11.9. The Kier molecular flexibility index (Phi) is 3.04. The smallest absolute Gasteiger partial charge is 0.307 e. The molecule has 0 aliphatic heterocycles. The van der Waals surface area contributed by atoms with Gasteiger partial charge in [-0.15, -0.1) is 0 Å². The summed E-state index contributed by atoms with van der Waals surface area (Å²) in [4.78, 5) is 22.8. The maximum Gasteiger partial charge on any atom is 0.307 e. The molecule has 106 valence electrons. The van der Waals surface area contributed by atoms with Gasteiger partial charge in [0.2, 0.25) is 5.91 Å². The van der Waals surface area contributed by atoms with E-state index < -0.39 is 11.9 Å². The highest BCUT2D eigenvalue weighted by atomic mass is 16.5. The number of carboxylic acid groups (broad SMARTS) is 1. The number of rotatable bonds is 5. The quantitative estimate of drug-likeness (QED) is 0.784. The molecule has 3 fully saturated rings. The van der Waals surface area contributed by atoms with E-state index in [1.54, 1.807) is 0 Å². The first-order chi connectivity index (χ1) is 9.08. The van der Waals surface area contributed by atoms with Crippen LogP contribution in [0.1, 0.15) is 39.0 Å². The van der Waals surface area contributed by atoms with Crippen molar-refractivity contribution in [3.8, 4) is 0 Å². The molecule has 0 radical (unpaired) electrons. The van der Waals surface area contributed by atoms with Gasteiger partial charge in [-0.05, 0) is 32.6 Å². The molecule has 1 amide bonds. The molecule has 5 nitrogen and oxygen atoms in total. The highest BCUT2D eigenvalue weighted by molar-refractivity contribution is 5.89. The van der Waals surface area contributed by atoms with Gasteiger partial charge in [0.15, 0.2) is 0 Å². The first kappa shape index (κ1) is 12.9. The number of carboxylic acids is 1. The van der Waals surface area contributed by atoms with Crippen LogP contribution in [0.25, 0.3) is 0 Å². The van der Waals surface area contributed by atoms with Gasteiger partial charge in [0.05, 0.1) is 17.9 Å². The Hall–Kier alpha value is -1.10. The monoisotopic (exact) mass is 267 g/mol. The summed E-state index contributed by atoms with van der Waals surface area (Å²) in [6, 6.07) is 0.195. The van der Waals surface area contributed by atoms with Gasteiger partial charge in [0.1, 0.15) is 0 Å². The van der Waals surface area contributed by atoms with E-state index in [9.17, 15) is 9.59 Å². The Bertz CT molecular complexity index is 404. The van der Waals surface area contributed by atoms with Crippen LogP contribution < -0.4 is 5.32 Å². The van der Waals surface area contributed by atoms with Crippen LogP contribution in [0.3, 0.4) is 0 Å². The third kappa shape index (κ3) is 1.95. The molecule has 0 unspecified atom stereocenters. The van der Waals surface area contributed by atoms with Crippen LogP contribution >= 0.6 is 0 Å². The van der Waals surface area contributed by atoms with Gasteiger partial charge in [-0.25, -0.2) is 0 Å². The molecule has 1 spiro atoms. The third-order valence-corrected chi connectivity index (χ3v) is 5.20. The number of carbonyl (C=O) groups is 2. The van der Waals surface area contributed by atoms with Crippen molar-refractivity contribution in [1.82, 2.24) is 5.32 Å². The van der Waals surface area contributed by atoms with Crippen LogP contribution in [0.4, 0.5) is 0 Å². The fourth-order valence-electron chi connectivity index (χ4n) is 3.68. The van der Waals surface area contributed by atoms with Gasteiger partial charge in [0.25, 0.3) is 0 Å². The van der Waals surface area contributed by atoms with E-state index in [2.05, 4.69) is 5.32 Å².